The summed E-state index contributed by atoms with van der Waals surface area (Å²) in [6, 6.07) is 3.22. The molecule has 5 nitrogen and oxygen atoms in total. The zero-order chi connectivity index (χ0) is 11.5. The number of ether oxygens (including phenoxy) is 3. The molecule has 1 aliphatic heterocycles. The van der Waals surface area contributed by atoms with Crippen molar-refractivity contribution in [1.29, 1.82) is 0 Å². The minimum atomic E-state index is -0.538. The van der Waals surface area contributed by atoms with E-state index >= 15 is 0 Å². The van der Waals surface area contributed by atoms with Crippen LogP contribution in [0.5, 0.6) is 17.2 Å². The number of carbonyl (C=O) groups excluding carboxylic acids is 1. The Bertz CT molecular complexity index is 417. The second-order valence-electron chi connectivity index (χ2n) is 3.39. The molecule has 0 saturated carbocycles. The molecule has 0 aromatic heterocycles. The van der Waals surface area contributed by atoms with E-state index in [1.165, 1.54) is 7.11 Å². The van der Waals surface area contributed by atoms with Crippen molar-refractivity contribution in [2.45, 2.75) is 6.42 Å². The average molecular weight is 223 g/mol. The van der Waals surface area contributed by atoms with Crippen LogP contribution in [-0.4, -0.2) is 26.2 Å². The Morgan fingerprint density at radius 1 is 1.31 bits per heavy atom. The van der Waals surface area contributed by atoms with Crippen LogP contribution in [-0.2, 0) is 0 Å². The molecule has 0 saturated heterocycles. The minimum Gasteiger partial charge on any atom is -0.493 e. The van der Waals surface area contributed by atoms with Crippen molar-refractivity contribution in [1.82, 2.24) is 0 Å². The van der Waals surface area contributed by atoms with Crippen LogP contribution in [0.15, 0.2) is 12.1 Å². The lowest BCUT2D eigenvalue weighted by Crippen LogP contribution is -2.13. The highest BCUT2D eigenvalue weighted by atomic mass is 16.5. The Morgan fingerprint density at radius 2 is 2.00 bits per heavy atom. The summed E-state index contributed by atoms with van der Waals surface area (Å²) >= 11 is 0. The predicted molar refractivity (Wildman–Crippen MR) is 57.1 cm³/mol. The lowest BCUT2D eigenvalue weighted by Gasteiger charge is -2.13. The highest BCUT2D eigenvalue weighted by Crippen LogP contribution is 2.41. The number of carbonyl (C=O) groups is 1. The smallest absolute Gasteiger partial charge is 0.252 e. The number of amides is 1. The summed E-state index contributed by atoms with van der Waals surface area (Å²) < 4.78 is 16.1. The monoisotopic (exact) mass is 223 g/mol. The van der Waals surface area contributed by atoms with Crippen molar-refractivity contribution in [3.05, 3.63) is 17.7 Å². The number of fused-ring (bicyclic) bond motifs is 1. The molecular formula is C11H13NO4. The first-order valence-electron chi connectivity index (χ1n) is 5.00. The fourth-order valence-corrected chi connectivity index (χ4v) is 1.59. The van der Waals surface area contributed by atoms with Crippen LogP contribution in [0.4, 0.5) is 0 Å². The second-order valence-corrected chi connectivity index (χ2v) is 3.39. The first kappa shape index (κ1) is 10.6. The van der Waals surface area contributed by atoms with Gasteiger partial charge in [0.25, 0.3) is 5.91 Å². The molecule has 0 atom stereocenters. The number of nitrogens with two attached hydrogens (primary N) is 1. The van der Waals surface area contributed by atoms with E-state index in [2.05, 4.69) is 0 Å². The molecule has 0 unspecified atom stereocenters. The van der Waals surface area contributed by atoms with Crippen molar-refractivity contribution in [2.24, 2.45) is 5.73 Å². The van der Waals surface area contributed by atoms with Crippen molar-refractivity contribution in [2.75, 3.05) is 20.3 Å². The van der Waals surface area contributed by atoms with Gasteiger partial charge in [-0.05, 0) is 12.1 Å². The van der Waals surface area contributed by atoms with Crippen LogP contribution < -0.4 is 19.9 Å². The fourth-order valence-electron chi connectivity index (χ4n) is 1.59. The summed E-state index contributed by atoms with van der Waals surface area (Å²) in [5.74, 6) is 0.840. The summed E-state index contributed by atoms with van der Waals surface area (Å²) in [4.78, 5) is 11.2. The molecular weight excluding hydrogens is 210 g/mol. The van der Waals surface area contributed by atoms with Crippen LogP contribution >= 0.6 is 0 Å². The largest absolute Gasteiger partial charge is 0.493 e. The van der Waals surface area contributed by atoms with E-state index in [1.54, 1.807) is 12.1 Å². The number of benzene rings is 1. The van der Waals surface area contributed by atoms with Crippen LogP contribution in [0.2, 0.25) is 0 Å². The van der Waals surface area contributed by atoms with Gasteiger partial charge in [0.05, 0.1) is 25.9 Å². The van der Waals surface area contributed by atoms with Crippen LogP contribution in [0.25, 0.3) is 0 Å². The molecule has 1 aromatic rings. The number of hydrogen-bond acceptors (Lipinski definition) is 4. The predicted octanol–water partition coefficient (Wildman–Crippen LogP) is 0.955. The van der Waals surface area contributed by atoms with Gasteiger partial charge in [0, 0.05) is 6.42 Å². The fraction of sp³-hybridized carbons (Fsp3) is 0.364. The third-order valence-electron chi connectivity index (χ3n) is 2.34. The molecule has 86 valence electrons. The zero-order valence-corrected chi connectivity index (χ0v) is 8.99. The molecule has 2 rings (SSSR count). The Balaban J connectivity index is 2.56. The highest BCUT2D eigenvalue weighted by molar-refractivity contribution is 5.97. The van der Waals surface area contributed by atoms with Gasteiger partial charge in [-0.2, -0.15) is 0 Å². The van der Waals surface area contributed by atoms with Crippen LogP contribution in [0.1, 0.15) is 16.8 Å². The van der Waals surface area contributed by atoms with Gasteiger partial charge in [-0.3, -0.25) is 4.79 Å². The molecule has 1 aliphatic rings. The van der Waals surface area contributed by atoms with E-state index in [0.29, 0.717) is 36.0 Å². The molecule has 16 heavy (non-hydrogen) atoms. The maximum absolute atomic E-state index is 11.2. The van der Waals surface area contributed by atoms with Gasteiger partial charge in [0.2, 0.25) is 5.75 Å². The summed E-state index contributed by atoms with van der Waals surface area (Å²) in [7, 11) is 1.54. The second kappa shape index (κ2) is 4.30. The van der Waals surface area contributed by atoms with Gasteiger partial charge in [-0.15, -0.1) is 0 Å². The first-order chi connectivity index (χ1) is 7.74. The summed E-state index contributed by atoms with van der Waals surface area (Å²) in [5, 5.41) is 0. The molecule has 0 spiro atoms. The van der Waals surface area contributed by atoms with E-state index < -0.39 is 5.91 Å². The van der Waals surface area contributed by atoms with Gasteiger partial charge in [0.1, 0.15) is 0 Å². The van der Waals surface area contributed by atoms with Gasteiger partial charge >= 0.3 is 0 Å². The molecule has 0 fully saturated rings. The third-order valence-corrected chi connectivity index (χ3v) is 2.34. The SMILES string of the molecule is COc1ccc(C(N)=O)c2c1OCCCO2. The van der Waals surface area contributed by atoms with Crippen molar-refractivity contribution in [3.8, 4) is 17.2 Å². The van der Waals surface area contributed by atoms with E-state index in [9.17, 15) is 4.79 Å². The lowest BCUT2D eigenvalue weighted by atomic mass is 10.1. The van der Waals surface area contributed by atoms with Crippen molar-refractivity contribution < 1.29 is 19.0 Å². The first-order valence-corrected chi connectivity index (χ1v) is 5.00. The van der Waals surface area contributed by atoms with Gasteiger partial charge in [-0.1, -0.05) is 0 Å². The van der Waals surface area contributed by atoms with Crippen molar-refractivity contribution >= 4 is 5.91 Å². The zero-order valence-electron chi connectivity index (χ0n) is 8.99. The topological polar surface area (TPSA) is 70.8 Å². The van der Waals surface area contributed by atoms with Gasteiger partial charge in [0.15, 0.2) is 11.5 Å². The molecule has 0 bridgehead atoms. The number of primary amides is 1. The molecule has 5 heteroatoms. The molecule has 1 heterocycles. The van der Waals surface area contributed by atoms with Gasteiger partial charge < -0.3 is 19.9 Å². The maximum Gasteiger partial charge on any atom is 0.252 e. The Kier molecular flexibility index (Phi) is 2.85. The molecule has 2 N–H and O–H groups in total. The van der Waals surface area contributed by atoms with E-state index in [-0.39, 0.29) is 0 Å². The summed E-state index contributed by atoms with van der Waals surface area (Å²) in [6.45, 7) is 1.03. The summed E-state index contributed by atoms with van der Waals surface area (Å²) in [5.41, 5.74) is 5.58. The minimum absolute atomic E-state index is 0.317. The van der Waals surface area contributed by atoms with Crippen LogP contribution in [0.3, 0.4) is 0 Å². The van der Waals surface area contributed by atoms with E-state index in [1.807, 2.05) is 0 Å². The van der Waals surface area contributed by atoms with E-state index in [0.717, 1.165) is 6.42 Å². The lowest BCUT2D eigenvalue weighted by molar-refractivity contribution is 0.0996. The standard InChI is InChI=1S/C11H13NO4/c1-14-8-4-3-7(11(12)13)9-10(8)16-6-2-5-15-9/h3-4H,2,5-6H2,1H3,(H2,12,13). The van der Waals surface area contributed by atoms with E-state index in [4.69, 9.17) is 19.9 Å². The number of hydrogen-bond donors (Lipinski definition) is 1. The third kappa shape index (κ3) is 1.76. The summed E-state index contributed by atoms with van der Waals surface area (Å²) in [6.07, 6.45) is 0.760. The Morgan fingerprint density at radius 3 is 2.62 bits per heavy atom. The average Bonchev–Trinajstić information content (AvgIpc) is 2.52. The molecule has 1 aromatic carbocycles. The van der Waals surface area contributed by atoms with Crippen LogP contribution in [0, 0.1) is 0 Å². The molecule has 0 radical (unpaired) electrons. The Labute approximate surface area is 93.1 Å². The number of rotatable bonds is 2. The molecule has 1 amide bonds. The highest BCUT2D eigenvalue weighted by Gasteiger charge is 2.21. The maximum atomic E-state index is 11.2. The van der Waals surface area contributed by atoms with Gasteiger partial charge in [-0.25, -0.2) is 0 Å². The number of methoxy groups -OCH3 is 1. The normalized spacial score (nSPS) is 14.1. The Hall–Kier alpha value is -1.91. The van der Waals surface area contributed by atoms with Crippen molar-refractivity contribution in [3.63, 3.8) is 0 Å². The molecule has 0 aliphatic carbocycles. The quantitative estimate of drug-likeness (QED) is 0.810.